The van der Waals surface area contributed by atoms with Crippen LogP contribution in [-0.2, 0) is 25.7 Å². The molecule has 1 aromatic carbocycles. The molecule has 2 aromatic rings. The van der Waals surface area contributed by atoms with E-state index in [0.29, 0.717) is 48.8 Å². The fourth-order valence-corrected chi connectivity index (χ4v) is 4.53. The first kappa shape index (κ1) is 31.6. The highest BCUT2D eigenvalue weighted by atomic mass is 32.1. The quantitative estimate of drug-likeness (QED) is 0.0987. The SMILES string of the molecule is CC[C@@H]([C@@H](CC(C)C)C(=O)N[C@@H](CCCCNC(=O)OCc1ccccc1)C(=O)Nc1nncs1)N(O)C=O. The Morgan fingerprint density at radius 2 is 1.90 bits per heavy atom. The highest BCUT2D eigenvalue weighted by Gasteiger charge is 2.34. The van der Waals surface area contributed by atoms with Crippen molar-refractivity contribution in [2.75, 3.05) is 11.9 Å². The van der Waals surface area contributed by atoms with Crippen LogP contribution in [0.25, 0.3) is 0 Å². The van der Waals surface area contributed by atoms with Crippen LogP contribution in [0.2, 0.25) is 0 Å². The summed E-state index contributed by atoms with van der Waals surface area (Å²) in [5, 5.41) is 26.6. The Kier molecular flexibility index (Phi) is 13.9. The number of aromatic nitrogens is 2. The van der Waals surface area contributed by atoms with E-state index in [0.717, 1.165) is 16.9 Å². The molecule has 0 aliphatic rings. The number of anilines is 1. The summed E-state index contributed by atoms with van der Waals surface area (Å²) >= 11 is 1.15. The summed E-state index contributed by atoms with van der Waals surface area (Å²) in [7, 11) is 0. The maximum atomic E-state index is 13.3. The van der Waals surface area contributed by atoms with Gasteiger partial charge in [0.1, 0.15) is 18.2 Å². The number of unbranched alkanes of at least 4 members (excludes halogenated alkanes) is 1. The van der Waals surface area contributed by atoms with Gasteiger partial charge in [-0.2, -0.15) is 0 Å². The third-order valence-electron chi connectivity index (χ3n) is 6.02. The minimum Gasteiger partial charge on any atom is -0.445 e. The lowest BCUT2D eigenvalue weighted by Crippen LogP contribution is -2.51. The lowest BCUT2D eigenvalue weighted by Gasteiger charge is -2.31. The molecule has 214 valence electrons. The average molecular weight is 563 g/mol. The summed E-state index contributed by atoms with van der Waals surface area (Å²) in [6.07, 6.45) is 1.86. The maximum absolute atomic E-state index is 13.3. The predicted octanol–water partition coefficient (Wildman–Crippen LogP) is 3.35. The Balaban J connectivity index is 1.96. The minimum absolute atomic E-state index is 0.108. The Bertz CT molecular complexity index is 1020. The van der Waals surface area contributed by atoms with Crippen LogP contribution in [0.4, 0.5) is 9.93 Å². The fraction of sp³-hybridized carbons (Fsp3) is 0.538. The number of hydrogen-bond acceptors (Lipinski definition) is 9. The Morgan fingerprint density at radius 1 is 1.15 bits per heavy atom. The lowest BCUT2D eigenvalue weighted by atomic mass is 9.87. The Hall–Kier alpha value is -3.58. The fourth-order valence-electron chi connectivity index (χ4n) is 4.09. The van der Waals surface area contributed by atoms with Gasteiger partial charge in [0.25, 0.3) is 0 Å². The van der Waals surface area contributed by atoms with Gasteiger partial charge in [-0.15, -0.1) is 10.2 Å². The number of benzene rings is 1. The van der Waals surface area contributed by atoms with Crippen LogP contribution in [0.5, 0.6) is 0 Å². The molecular formula is C26H38N6O6S. The third-order valence-corrected chi connectivity index (χ3v) is 6.62. The summed E-state index contributed by atoms with van der Waals surface area (Å²) in [6.45, 7) is 6.15. The van der Waals surface area contributed by atoms with Crippen molar-refractivity contribution in [2.24, 2.45) is 11.8 Å². The van der Waals surface area contributed by atoms with E-state index >= 15 is 0 Å². The van der Waals surface area contributed by atoms with Gasteiger partial charge < -0.3 is 15.4 Å². The number of hydroxylamine groups is 2. The summed E-state index contributed by atoms with van der Waals surface area (Å²) in [6, 6.07) is 7.70. The lowest BCUT2D eigenvalue weighted by molar-refractivity contribution is -0.169. The number of ether oxygens (including phenoxy) is 1. The van der Waals surface area contributed by atoms with Crippen LogP contribution >= 0.6 is 11.3 Å². The van der Waals surface area contributed by atoms with Crippen LogP contribution in [-0.4, -0.2) is 63.4 Å². The summed E-state index contributed by atoms with van der Waals surface area (Å²) < 4.78 is 5.19. The van der Waals surface area contributed by atoms with Crippen LogP contribution in [0.15, 0.2) is 35.8 Å². The second kappa shape index (κ2) is 17.1. The number of amides is 4. The molecule has 1 heterocycles. The smallest absolute Gasteiger partial charge is 0.407 e. The Morgan fingerprint density at radius 3 is 2.51 bits per heavy atom. The molecule has 0 radical (unpaired) electrons. The monoisotopic (exact) mass is 562 g/mol. The van der Waals surface area contributed by atoms with Gasteiger partial charge in [-0.3, -0.25) is 24.9 Å². The molecule has 0 aliphatic carbocycles. The zero-order valence-corrected chi connectivity index (χ0v) is 23.4. The van der Waals surface area contributed by atoms with Gasteiger partial charge in [0, 0.05) is 6.54 Å². The molecule has 0 unspecified atom stereocenters. The van der Waals surface area contributed by atoms with E-state index in [4.69, 9.17) is 4.74 Å². The molecule has 13 heteroatoms. The molecular weight excluding hydrogens is 524 g/mol. The van der Waals surface area contributed by atoms with Crippen molar-refractivity contribution in [3.05, 3.63) is 41.4 Å². The van der Waals surface area contributed by atoms with E-state index in [1.165, 1.54) is 5.51 Å². The van der Waals surface area contributed by atoms with Crippen LogP contribution < -0.4 is 16.0 Å². The van der Waals surface area contributed by atoms with Crippen LogP contribution in [0.1, 0.15) is 58.4 Å². The molecule has 0 saturated heterocycles. The topological polar surface area (TPSA) is 163 Å². The van der Waals surface area contributed by atoms with Crippen molar-refractivity contribution in [3.8, 4) is 0 Å². The van der Waals surface area contributed by atoms with Crippen molar-refractivity contribution in [3.63, 3.8) is 0 Å². The van der Waals surface area contributed by atoms with E-state index in [-0.39, 0.29) is 18.9 Å². The van der Waals surface area contributed by atoms with Gasteiger partial charge in [0.15, 0.2) is 0 Å². The molecule has 0 fully saturated rings. The van der Waals surface area contributed by atoms with E-state index in [1.54, 1.807) is 6.92 Å². The minimum atomic E-state index is -0.901. The van der Waals surface area contributed by atoms with Gasteiger partial charge in [0.2, 0.25) is 23.4 Å². The second-order valence-electron chi connectivity index (χ2n) is 9.48. The largest absolute Gasteiger partial charge is 0.445 e. The van der Waals surface area contributed by atoms with Gasteiger partial charge in [-0.05, 0) is 43.6 Å². The highest BCUT2D eigenvalue weighted by Crippen LogP contribution is 2.22. The number of alkyl carbamates (subject to hydrolysis) is 1. The Labute approximate surface area is 232 Å². The molecule has 2 rings (SSSR count). The number of nitrogens with one attached hydrogen (secondary N) is 3. The predicted molar refractivity (Wildman–Crippen MR) is 146 cm³/mol. The zero-order chi connectivity index (χ0) is 28.6. The molecule has 12 nitrogen and oxygen atoms in total. The van der Waals surface area contributed by atoms with E-state index in [2.05, 4.69) is 26.1 Å². The van der Waals surface area contributed by atoms with Crippen molar-refractivity contribution in [2.45, 2.75) is 71.6 Å². The first-order valence-electron chi connectivity index (χ1n) is 13.0. The number of hydrogen-bond donors (Lipinski definition) is 4. The van der Waals surface area contributed by atoms with Gasteiger partial charge in [-0.1, -0.05) is 62.4 Å². The van der Waals surface area contributed by atoms with E-state index < -0.39 is 35.9 Å². The first-order valence-corrected chi connectivity index (χ1v) is 13.9. The second-order valence-corrected chi connectivity index (χ2v) is 10.3. The molecule has 0 aliphatic heterocycles. The molecule has 0 bridgehead atoms. The van der Waals surface area contributed by atoms with Crippen molar-refractivity contribution < 1.29 is 29.1 Å². The normalized spacial score (nSPS) is 13.2. The number of rotatable bonds is 17. The molecule has 4 N–H and O–H groups in total. The van der Waals surface area contributed by atoms with Crippen molar-refractivity contribution in [1.82, 2.24) is 25.9 Å². The summed E-state index contributed by atoms with van der Waals surface area (Å²) in [5.74, 6) is -1.50. The average Bonchev–Trinajstić information content (AvgIpc) is 3.44. The number of carbonyl (C=O) groups excluding carboxylic acids is 4. The number of carbonyl (C=O) groups is 4. The van der Waals surface area contributed by atoms with Gasteiger partial charge in [0.05, 0.1) is 12.0 Å². The summed E-state index contributed by atoms with van der Waals surface area (Å²) in [4.78, 5) is 49.5. The standard InChI is InChI=1S/C26H38N6O6S/c1-4-22(32(37)17-33)20(14-18(2)3)23(34)29-21(24(35)30-25-31-28-16-39-25)12-8-9-13-27-26(36)38-15-19-10-6-5-7-11-19/h5-7,10-11,16-18,20-22,37H,4,8-9,12-15H2,1-3H3,(H,27,36)(H,29,34)(H,30,31,35)/t20-,21+,22+/m1/s1. The molecule has 0 saturated carbocycles. The summed E-state index contributed by atoms with van der Waals surface area (Å²) in [5.41, 5.74) is 2.36. The molecule has 0 spiro atoms. The van der Waals surface area contributed by atoms with Gasteiger partial charge >= 0.3 is 6.09 Å². The molecule has 1 aromatic heterocycles. The molecule has 3 atom stereocenters. The highest BCUT2D eigenvalue weighted by molar-refractivity contribution is 7.13. The van der Waals surface area contributed by atoms with Crippen molar-refractivity contribution in [1.29, 1.82) is 0 Å². The van der Waals surface area contributed by atoms with Crippen LogP contribution in [0.3, 0.4) is 0 Å². The van der Waals surface area contributed by atoms with Crippen LogP contribution in [0, 0.1) is 11.8 Å². The maximum Gasteiger partial charge on any atom is 0.407 e. The third kappa shape index (κ3) is 11.4. The zero-order valence-electron chi connectivity index (χ0n) is 22.5. The molecule has 4 amide bonds. The number of nitrogens with zero attached hydrogens (tertiary/aromatic N) is 3. The first-order chi connectivity index (χ1) is 18.7. The van der Waals surface area contributed by atoms with Gasteiger partial charge in [-0.25, -0.2) is 9.86 Å². The van der Waals surface area contributed by atoms with Crippen molar-refractivity contribution >= 4 is 40.8 Å². The molecule has 39 heavy (non-hydrogen) atoms. The van der Waals surface area contributed by atoms with E-state index in [9.17, 15) is 24.4 Å². The van der Waals surface area contributed by atoms with E-state index in [1.807, 2.05) is 44.2 Å².